The number of halogens is 3. The molecule has 2 saturated heterocycles. The number of pyridine rings is 1. The molecule has 0 spiro atoms. The van der Waals surface area contributed by atoms with E-state index >= 15 is 0 Å². The number of nitrogens with two attached hydrogens (primary N) is 1. The highest BCUT2D eigenvalue weighted by molar-refractivity contribution is 7.89. The van der Waals surface area contributed by atoms with Crippen molar-refractivity contribution in [2.45, 2.75) is 44.8 Å². The van der Waals surface area contributed by atoms with Crippen molar-refractivity contribution in [3.63, 3.8) is 0 Å². The van der Waals surface area contributed by atoms with Crippen LogP contribution in [0, 0.1) is 5.82 Å². The number of rotatable bonds is 8. The largest absolute Gasteiger partial charge is 0.353 e. The topological polar surface area (TPSA) is 132 Å². The first-order valence-electron chi connectivity index (χ1n) is 14.1. The standard InChI is InChI=1S/C27H36Cl2FN9O2S/c1-2-21-17-38(11-12-39(21)22-5-9-37(10-6-22)16-18-3-4-19(28)13-24(18)30)27-23(29)14-20(15-33-27)34-26-25(32-8-7-31)35-42(40,41)36-26/h3-4,13-15,21-22H,2,5-12,16-17,31H2,1H3,(H,32,35)(H,34,36)/t21-/m0/s1. The summed E-state index contributed by atoms with van der Waals surface area (Å²) in [4.78, 5) is 15.9. The van der Waals surface area contributed by atoms with Crippen molar-refractivity contribution in [1.82, 2.24) is 19.5 Å². The number of nitrogens with zero attached hydrogens (tertiary/aromatic N) is 6. The zero-order valence-corrected chi connectivity index (χ0v) is 25.8. The smallest absolute Gasteiger partial charge is 0.345 e. The maximum atomic E-state index is 14.3. The summed E-state index contributed by atoms with van der Waals surface area (Å²) in [6.07, 6.45) is 4.68. The molecule has 11 nitrogen and oxygen atoms in total. The van der Waals surface area contributed by atoms with E-state index in [9.17, 15) is 12.8 Å². The van der Waals surface area contributed by atoms with Crippen molar-refractivity contribution in [2.24, 2.45) is 15.1 Å². The van der Waals surface area contributed by atoms with Crippen LogP contribution in [0.5, 0.6) is 0 Å². The lowest BCUT2D eigenvalue weighted by molar-refractivity contribution is 0.0607. The molecule has 3 aliphatic heterocycles. The number of aromatic nitrogens is 1. The first kappa shape index (κ1) is 30.9. The van der Waals surface area contributed by atoms with Gasteiger partial charge in [-0.05, 0) is 50.6 Å². The predicted octanol–water partition coefficient (Wildman–Crippen LogP) is 3.11. The Hall–Kier alpha value is -2.55. The first-order chi connectivity index (χ1) is 20.2. The molecule has 0 bridgehead atoms. The number of amidine groups is 2. The number of piperazine rings is 1. The van der Waals surface area contributed by atoms with Crippen LogP contribution in [0.15, 0.2) is 39.9 Å². The molecule has 0 amide bonds. The van der Waals surface area contributed by atoms with E-state index in [1.165, 1.54) is 6.07 Å². The van der Waals surface area contributed by atoms with E-state index in [1.54, 1.807) is 24.4 Å². The number of benzene rings is 1. The normalized spacial score (nSPS) is 22.8. The Bertz CT molecular complexity index is 1450. The number of piperidine rings is 1. The average Bonchev–Trinajstić information content (AvgIpc) is 3.26. The summed E-state index contributed by atoms with van der Waals surface area (Å²) in [7, 11) is -3.86. The minimum Gasteiger partial charge on any atom is -0.353 e. The van der Waals surface area contributed by atoms with Gasteiger partial charge in [0.2, 0.25) is 0 Å². The van der Waals surface area contributed by atoms with Gasteiger partial charge in [-0.2, -0.15) is 8.42 Å². The van der Waals surface area contributed by atoms with E-state index in [0.29, 0.717) is 45.7 Å². The SMILES string of the molecule is CC[C@H]1CN(c2ncc(NC3=NS(=O)(=O)NC3=NCCN)cc2Cl)CCN1C1CCN(Cc2ccc(Cl)cc2F)CC1. The van der Waals surface area contributed by atoms with E-state index < -0.39 is 10.2 Å². The van der Waals surface area contributed by atoms with Crippen molar-refractivity contribution >= 4 is 56.6 Å². The number of likely N-dealkylation sites (tertiary alicyclic amines) is 1. The Labute approximate surface area is 256 Å². The first-order valence-corrected chi connectivity index (χ1v) is 16.3. The Morgan fingerprint density at radius 2 is 1.98 bits per heavy atom. The molecule has 15 heteroatoms. The van der Waals surface area contributed by atoms with Gasteiger partial charge in [-0.25, -0.2) is 14.1 Å². The molecule has 5 rings (SSSR count). The Morgan fingerprint density at radius 1 is 1.19 bits per heavy atom. The monoisotopic (exact) mass is 639 g/mol. The molecule has 3 aliphatic rings. The van der Waals surface area contributed by atoms with Crippen molar-refractivity contribution in [3.05, 3.63) is 51.9 Å². The van der Waals surface area contributed by atoms with Gasteiger partial charge in [0.25, 0.3) is 0 Å². The van der Waals surface area contributed by atoms with Gasteiger partial charge in [0.1, 0.15) is 11.6 Å². The highest BCUT2D eigenvalue weighted by Gasteiger charge is 2.34. The summed E-state index contributed by atoms with van der Waals surface area (Å²) in [5, 5.41) is 3.83. The number of hydrogen-bond donors (Lipinski definition) is 3. The fraction of sp³-hybridized carbons (Fsp3) is 0.519. The number of aliphatic imine (C=N–C) groups is 1. The molecule has 2 fully saturated rings. The molecule has 2 aromatic rings. The van der Waals surface area contributed by atoms with Crippen molar-refractivity contribution in [2.75, 3.05) is 56.0 Å². The lowest BCUT2D eigenvalue weighted by Crippen LogP contribution is -2.58. The van der Waals surface area contributed by atoms with Crippen molar-refractivity contribution < 1.29 is 12.8 Å². The molecule has 0 unspecified atom stereocenters. The van der Waals surface area contributed by atoms with Gasteiger partial charge in [0.15, 0.2) is 11.7 Å². The van der Waals surface area contributed by atoms with Gasteiger partial charge >= 0.3 is 10.2 Å². The molecule has 1 aromatic heterocycles. The van der Waals surface area contributed by atoms with Crippen molar-refractivity contribution in [1.29, 1.82) is 0 Å². The molecule has 4 N–H and O–H groups in total. The van der Waals surface area contributed by atoms with Gasteiger partial charge < -0.3 is 16.0 Å². The maximum Gasteiger partial charge on any atom is 0.345 e. The highest BCUT2D eigenvalue weighted by atomic mass is 35.5. The summed E-state index contributed by atoms with van der Waals surface area (Å²) in [6.45, 7) is 7.66. The minimum atomic E-state index is -3.86. The molecule has 0 aliphatic carbocycles. The molecule has 4 heterocycles. The minimum absolute atomic E-state index is 0.0677. The molecule has 42 heavy (non-hydrogen) atoms. The van der Waals surface area contributed by atoms with Gasteiger partial charge in [-0.3, -0.25) is 14.8 Å². The van der Waals surface area contributed by atoms with E-state index in [4.69, 9.17) is 28.9 Å². The van der Waals surface area contributed by atoms with Crippen LogP contribution in [-0.4, -0.2) is 92.8 Å². The number of hydrogen-bond acceptors (Lipinski definition) is 9. The van der Waals surface area contributed by atoms with E-state index in [0.717, 1.165) is 52.0 Å². The van der Waals surface area contributed by atoms with Gasteiger partial charge in [0.05, 0.1) is 23.5 Å². The molecule has 1 atom stereocenters. The fourth-order valence-corrected chi connectivity index (χ4v) is 7.06. The second-order valence-electron chi connectivity index (χ2n) is 10.7. The highest BCUT2D eigenvalue weighted by Crippen LogP contribution is 2.31. The second kappa shape index (κ2) is 13.4. The Morgan fingerprint density at radius 3 is 2.67 bits per heavy atom. The van der Waals surface area contributed by atoms with Crippen LogP contribution in [-0.2, 0) is 16.8 Å². The number of anilines is 2. The van der Waals surface area contributed by atoms with Gasteiger partial charge in [-0.15, -0.1) is 4.40 Å². The summed E-state index contributed by atoms with van der Waals surface area (Å²) in [5.74, 6) is 0.612. The quantitative estimate of drug-likeness (QED) is 0.402. The third-order valence-electron chi connectivity index (χ3n) is 7.88. The number of nitrogens with one attached hydrogen (secondary N) is 2. The Kier molecular flexibility index (Phi) is 9.85. The summed E-state index contributed by atoms with van der Waals surface area (Å²) >= 11 is 12.6. The third-order valence-corrected chi connectivity index (χ3v) is 9.27. The molecular weight excluding hydrogens is 604 g/mol. The summed E-state index contributed by atoms with van der Waals surface area (Å²) in [5.41, 5.74) is 6.67. The van der Waals surface area contributed by atoms with Crippen LogP contribution in [0.1, 0.15) is 31.7 Å². The van der Waals surface area contributed by atoms with E-state index in [-0.39, 0.29) is 30.6 Å². The van der Waals surface area contributed by atoms with Crippen LogP contribution in [0.25, 0.3) is 0 Å². The molecular formula is C27H36Cl2FN9O2S. The van der Waals surface area contributed by atoms with Crippen LogP contribution < -0.4 is 20.7 Å². The third kappa shape index (κ3) is 7.32. The van der Waals surface area contributed by atoms with Crippen LogP contribution in [0.2, 0.25) is 10.0 Å². The van der Waals surface area contributed by atoms with Gasteiger partial charge in [-0.1, -0.05) is 36.2 Å². The lowest BCUT2D eigenvalue weighted by Gasteiger charge is -2.47. The van der Waals surface area contributed by atoms with Gasteiger partial charge in [0, 0.05) is 55.4 Å². The summed E-state index contributed by atoms with van der Waals surface area (Å²) < 4.78 is 44.1. The maximum absolute atomic E-state index is 14.3. The van der Waals surface area contributed by atoms with Crippen LogP contribution in [0.3, 0.4) is 0 Å². The summed E-state index contributed by atoms with van der Waals surface area (Å²) in [6, 6.07) is 7.44. The fourth-order valence-electron chi connectivity index (χ4n) is 5.80. The molecule has 0 radical (unpaired) electrons. The van der Waals surface area contributed by atoms with E-state index in [2.05, 4.69) is 46.0 Å². The zero-order valence-electron chi connectivity index (χ0n) is 23.4. The molecule has 0 saturated carbocycles. The lowest BCUT2D eigenvalue weighted by atomic mass is 9.97. The zero-order chi connectivity index (χ0) is 29.9. The van der Waals surface area contributed by atoms with Crippen molar-refractivity contribution in [3.8, 4) is 0 Å². The second-order valence-corrected chi connectivity index (χ2v) is 12.9. The van der Waals surface area contributed by atoms with E-state index in [1.807, 2.05) is 0 Å². The molecule has 1 aromatic carbocycles. The predicted molar refractivity (Wildman–Crippen MR) is 166 cm³/mol. The Balaban J connectivity index is 1.18. The van der Waals surface area contributed by atoms with Crippen LogP contribution >= 0.6 is 23.2 Å². The molecule has 228 valence electrons. The van der Waals surface area contributed by atoms with Crippen LogP contribution in [0.4, 0.5) is 15.9 Å². The average molecular weight is 641 g/mol.